The van der Waals surface area contributed by atoms with Gasteiger partial charge in [0.05, 0.1) is 11.8 Å². The first kappa shape index (κ1) is 14.7. The van der Waals surface area contributed by atoms with Gasteiger partial charge in [-0.1, -0.05) is 0 Å². The molecule has 0 spiro atoms. The van der Waals surface area contributed by atoms with Crippen molar-refractivity contribution in [2.75, 3.05) is 24.7 Å². The van der Waals surface area contributed by atoms with E-state index in [2.05, 4.69) is 0 Å². The number of carboxylic acids is 1. The molecule has 1 N–H and O–H groups in total. The number of hydrogen-bond acceptors (Lipinski definition) is 4. The number of carboxylic acid groups (broad SMARTS) is 1. The molecule has 116 valence electrons. The fourth-order valence-electron chi connectivity index (χ4n) is 3.07. The van der Waals surface area contributed by atoms with Gasteiger partial charge >= 0.3 is 5.97 Å². The molecular weight excluding hydrogens is 292 g/mol. The predicted molar refractivity (Wildman–Crippen MR) is 77.6 cm³/mol. The number of likely N-dealkylation sites (tertiary alicyclic amines) is 1. The molecule has 1 saturated carbocycles. The van der Waals surface area contributed by atoms with Crippen LogP contribution in [0.25, 0.3) is 0 Å². The Kier molecular flexibility index (Phi) is 4.10. The van der Waals surface area contributed by atoms with Gasteiger partial charge in [0, 0.05) is 24.8 Å². The van der Waals surface area contributed by atoms with E-state index in [4.69, 9.17) is 0 Å². The lowest BCUT2D eigenvalue weighted by Crippen LogP contribution is -2.50. The number of rotatable bonds is 3. The van der Waals surface area contributed by atoms with Crippen LogP contribution in [0.4, 0.5) is 0 Å². The smallest absolute Gasteiger partial charge is 0.327 e. The normalized spacial score (nSPS) is 29.5. The second-order valence-electron chi connectivity index (χ2n) is 6.06. The topological polar surface area (TPSA) is 77.9 Å². The molecule has 3 fully saturated rings. The second-order valence-corrected chi connectivity index (χ2v) is 7.06. The highest BCUT2D eigenvalue weighted by Crippen LogP contribution is 2.33. The van der Waals surface area contributed by atoms with Gasteiger partial charge in [-0.05, 0) is 25.7 Å². The van der Waals surface area contributed by atoms with Gasteiger partial charge in [-0.25, -0.2) is 4.79 Å². The molecule has 2 unspecified atom stereocenters. The Balaban J connectivity index is 1.63. The van der Waals surface area contributed by atoms with Crippen LogP contribution in [0.5, 0.6) is 0 Å². The number of aliphatic carboxylic acids is 1. The molecule has 0 radical (unpaired) electrons. The van der Waals surface area contributed by atoms with Crippen molar-refractivity contribution in [3.63, 3.8) is 0 Å². The third-order valence-corrected chi connectivity index (χ3v) is 5.47. The van der Waals surface area contributed by atoms with E-state index in [9.17, 15) is 19.5 Å². The van der Waals surface area contributed by atoms with Crippen molar-refractivity contribution in [3.05, 3.63) is 0 Å². The number of thioether (sulfide) groups is 1. The summed E-state index contributed by atoms with van der Waals surface area (Å²) in [4.78, 5) is 39.2. The first-order valence-corrected chi connectivity index (χ1v) is 8.63. The summed E-state index contributed by atoms with van der Waals surface area (Å²) in [6.07, 6.45) is 3.52. The van der Waals surface area contributed by atoms with E-state index in [1.807, 2.05) is 4.90 Å². The summed E-state index contributed by atoms with van der Waals surface area (Å²) in [5.74, 6) is -0.00899. The molecule has 3 aliphatic rings. The fraction of sp³-hybridized carbons (Fsp3) is 0.786. The van der Waals surface area contributed by atoms with E-state index in [-0.39, 0.29) is 23.7 Å². The maximum absolute atomic E-state index is 12.6. The highest BCUT2D eigenvalue weighted by atomic mass is 32.2. The molecule has 2 aliphatic heterocycles. The first-order chi connectivity index (χ1) is 10.1. The maximum atomic E-state index is 12.6. The average Bonchev–Trinajstić information content (AvgIpc) is 3.22. The van der Waals surface area contributed by atoms with Gasteiger partial charge in [-0.15, -0.1) is 11.8 Å². The zero-order chi connectivity index (χ0) is 15.0. The molecule has 0 bridgehead atoms. The molecule has 7 heteroatoms. The highest BCUT2D eigenvalue weighted by molar-refractivity contribution is 7.99. The summed E-state index contributed by atoms with van der Waals surface area (Å²) in [6.45, 7) is 1.19. The second kappa shape index (κ2) is 5.87. The van der Waals surface area contributed by atoms with Crippen LogP contribution < -0.4 is 0 Å². The van der Waals surface area contributed by atoms with Crippen LogP contribution in [0.2, 0.25) is 0 Å². The molecule has 2 amide bonds. The third kappa shape index (κ3) is 3.02. The fourth-order valence-corrected chi connectivity index (χ4v) is 4.22. The zero-order valence-corrected chi connectivity index (χ0v) is 12.7. The van der Waals surface area contributed by atoms with Gasteiger partial charge in [0.1, 0.15) is 6.04 Å². The van der Waals surface area contributed by atoms with Crippen LogP contribution in [-0.2, 0) is 14.4 Å². The molecule has 2 saturated heterocycles. The Hall–Kier alpha value is -1.24. The van der Waals surface area contributed by atoms with Crippen LogP contribution in [0, 0.1) is 11.8 Å². The van der Waals surface area contributed by atoms with Gasteiger partial charge in [-0.2, -0.15) is 0 Å². The number of amides is 2. The van der Waals surface area contributed by atoms with Crippen molar-refractivity contribution in [1.29, 1.82) is 0 Å². The summed E-state index contributed by atoms with van der Waals surface area (Å²) < 4.78 is 0. The van der Waals surface area contributed by atoms with Gasteiger partial charge in [0.15, 0.2) is 0 Å². The Bertz CT molecular complexity index is 466. The molecule has 1 aliphatic carbocycles. The summed E-state index contributed by atoms with van der Waals surface area (Å²) in [6, 6.07) is -0.711. The van der Waals surface area contributed by atoms with Crippen LogP contribution >= 0.6 is 11.8 Å². The lowest BCUT2D eigenvalue weighted by Gasteiger charge is -2.34. The molecule has 3 rings (SSSR count). The van der Waals surface area contributed by atoms with E-state index < -0.39 is 12.0 Å². The van der Waals surface area contributed by atoms with E-state index >= 15 is 0 Å². The van der Waals surface area contributed by atoms with Crippen molar-refractivity contribution < 1.29 is 19.5 Å². The summed E-state index contributed by atoms with van der Waals surface area (Å²) >= 11 is 1.48. The standard InChI is InChI=1S/C14H20N2O4S/c17-12(9-3-4-9)15-5-1-2-10(6-15)13(18)16-8-21-7-11(16)14(19)20/h9-11H,1-8H2,(H,19,20). The summed E-state index contributed by atoms with van der Waals surface area (Å²) in [5.41, 5.74) is 0. The van der Waals surface area contributed by atoms with Gasteiger partial charge in [0.2, 0.25) is 11.8 Å². The summed E-state index contributed by atoms with van der Waals surface area (Å²) in [5, 5.41) is 9.18. The minimum absolute atomic E-state index is 0.0966. The minimum Gasteiger partial charge on any atom is -0.480 e. The van der Waals surface area contributed by atoms with E-state index in [1.165, 1.54) is 16.7 Å². The first-order valence-electron chi connectivity index (χ1n) is 7.47. The van der Waals surface area contributed by atoms with Gasteiger partial charge < -0.3 is 14.9 Å². The van der Waals surface area contributed by atoms with Crippen molar-refractivity contribution in [1.82, 2.24) is 9.80 Å². The number of piperidine rings is 1. The highest BCUT2D eigenvalue weighted by Gasteiger charge is 2.41. The van der Waals surface area contributed by atoms with Gasteiger partial charge in [-0.3, -0.25) is 9.59 Å². The van der Waals surface area contributed by atoms with E-state index in [0.29, 0.717) is 18.2 Å². The van der Waals surface area contributed by atoms with Crippen molar-refractivity contribution >= 4 is 29.5 Å². The molecule has 0 aromatic carbocycles. The third-order valence-electron chi connectivity index (χ3n) is 4.46. The quantitative estimate of drug-likeness (QED) is 0.826. The molecule has 2 atom stereocenters. The van der Waals surface area contributed by atoms with Crippen molar-refractivity contribution in [2.45, 2.75) is 31.7 Å². The van der Waals surface area contributed by atoms with Crippen LogP contribution in [0.1, 0.15) is 25.7 Å². The number of carbonyl (C=O) groups is 3. The SMILES string of the molecule is O=C(O)C1CSCN1C(=O)C1CCCN(C(=O)C2CC2)C1. The van der Waals surface area contributed by atoms with Crippen LogP contribution in [0.3, 0.4) is 0 Å². The molecule has 0 aromatic rings. The van der Waals surface area contributed by atoms with Gasteiger partial charge in [0.25, 0.3) is 0 Å². The average molecular weight is 312 g/mol. The molecule has 0 aromatic heterocycles. The largest absolute Gasteiger partial charge is 0.480 e. The minimum atomic E-state index is -0.935. The summed E-state index contributed by atoms with van der Waals surface area (Å²) in [7, 11) is 0. The zero-order valence-electron chi connectivity index (χ0n) is 11.9. The van der Waals surface area contributed by atoms with Crippen LogP contribution in [0.15, 0.2) is 0 Å². The van der Waals surface area contributed by atoms with E-state index in [1.54, 1.807) is 0 Å². The Morgan fingerprint density at radius 2 is 1.81 bits per heavy atom. The number of hydrogen-bond donors (Lipinski definition) is 1. The predicted octanol–water partition coefficient (Wildman–Crippen LogP) is 0.621. The molecule has 6 nitrogen and oxygen atoms in total. The monoisotopic (exact) mass is 312 g/mol. The van der Waals surface area contributed by atoms with Crippen molar-refractivity contribution in [3.8, 4) is 0 Å². The Morgan fingerprint density at radius 1 is 1.05 bits per heavy atom. The lowest BCUT2D eigenvalue weighted by atomic mass is 9.95. The number of nitrogens with zero attached hydrogens (tertiary/aromatic N) is 2. The number of carbonyl (C=O) groups excluding carboxylic acids is 2. The maximum Gasteiger partial charge on any atom is 0.327 e. The Labute approximate surface area is 127 Å². The molecule has 21 heavy (non-hydrogen) atoms. The molecular formula is C14H20N2O4S. The van der Waals surface area contributed by atoms with Crippen LogP contribution in [-0.4, -0.2) is 63.5 Å². The molecule has 2 heterocycles. The lowest BCUT2D eigenvalue weighted by molar-refractivity contribution is -0.151. The Morgan fingerprint density at radius 3 is 2.48 bits per heavy atom. The van der Waals surface area contributed by atoms with E-state index in [0.717, 1.165) is 32.2 Å². The van der Waals surface area contributed by atoms with Crippen molar-refractivity contribution in [2.24, 2.45) is 11.8 Å².